The molecule has 92 valence electrons. The van der Waals surface area contributed by atoms with Crippen LogP contribution in [0.2, 0.25) is 0 Å². The highest BCUT2D eigenvalue weighted by Gasteiger charge is 2.13. The Morgan fingerprint density at radius 3 is 2.33 bits per heavy atom. The number of carbonyl (C=O) groups excluding carboxylic acids is 1. The van der Waals surface area contributed by atoms with E-state index in [1.165, 1.54) is 47.4 Å². The molecule has 0 aliphatic carbocycles. The molecular formula is C14H11F2NO. The van der Waals surface area contributed by atoms with E-state index in [-0.39, 0.29) is 17.1 Å². The molecule has 18 heavy (non-hydrogen) atoms. The summed E-state index contributed by atoms with van der Waals surface area (Å²) in [6.07, 6.45) is 0.596. The second kappa shape index (κ2) is 4.96. The first-order valence-corrected chi connectivity index (χ1v) is 5.36. The number of carbonyl (C=O) groups is 1. The van der Waals surface area contributed by atoms with Crippen molar-refractivity contribution in [2.45, 2.75) is 0 Å². The molecule has 0 aliphatic heterocycles. The van der Waals surface area contributed by atoms with Crippen molar-refractivity contribution in [3.63, 3.8) is 0 Å². The first-order valence-electron chi connectivity index (χ1n) is 5.36. The van der Waals surface area contributed by atoms with E-state index in [2.05, 4.69) is 0 Å². The van der Waals surface area contributed by atoms with Crippen LogP contribution >= 0.6 is 0 Å². The van der Waals surface area contributed by atoms with Gasteiger partial charge in [0.25, 0.3) is 0 Å². The molecule has 0 spiro atoms. The summed E-state index contributed by atoms with van der Waals surface area (Å²) in [5.41, 5.74) is 1.03. The van der Waals surface area contributed by atoms with E-state index in [1.807, 2.05) is 0 Å². The van der Waals surface area contributed by atoms with Crippen LogP contribution in [-0.2, 0) is 0 Å². The minimum atomic E-state index is -0.494. The number of anilines is 2. The summed E-state index contributed by atoms with van der Waals surface area (Å²) >= 11 is 0. The summed E-state index contributed by atoms with van der Waals surface area (Å²) in [5, 5.41) is 0. The maximum absolute atomic E-state index is 13.8. The van der Waals surface area contributed by atoms with E-state index >= 15 is 0 Å². The van der Waals surface area contributed by atoms with Gasteiger partial charge in [0.05, 0.1) is 5.69 Å². The van der Waals surface area contributed by atoms with Crippen molar-refractivity contribution in [1.29, 1.82) is 0 Å². The van der Waals surface area contributed by atoms with E-state index in [9.17, 15) is 13.6 Å². The summed E-state index contributed by atoms with van der Waals surface area (Å²) in [4.78, 5) is 12.4. The van der Waals surface area contributed by atoms with Crippen LogP contribution in [0.5, 0.6) is 0 Å². The average Bonchev–Trinajstić information content (AvgIpc) is 2.38. The van der Waals surface area contributed by atoms with Gasteiger partial charge in [0.1, 0.15) is 11.6 Å². The average molecular weight is 247 g/mol. The summed E-state index contributed by atoms with van der Waals surface area (Å²) in [7, 11) is 1.62. The van der Waals surface area contributed by atoms with E-state index in [4.69, 9.17) is 0 Å². The predicted octanol–water partition coefficient (Wildman–Crippen LogP) is 3.55. The largest absolute Gasteiger partial charge is 0.342 e. The topological polar surface area (TPSA) is 20.3 Å². The zero-order valence-electron chi connectivity index (χ0n) is 9.73. The smallest absolute Gasteiger partial charge is 0.152 e. The van der Waals surface area contributed by atoms with Gasteiger partial charge in [-0.3, -0.25) is 4.79 Å². The molecule has 4 heteroatoms. The van der Waals surface area contributed by atoms with Gasteiger partial charge in [-0.15, -0.1) is 0 Å². The summed E-state index contributed by atoms with van der Waals surface area (Å²) in [6, 6.07) is 9.90. The maximum atomic E-state index is 13.8. The molecule has 0 saturated carbocycles. The molecule has 0 unspecified atom stereocenters. The van der Waals surface area contributed by atoms with Crippen molar-refractivity contribution < 1.29 is 13.6 Å². The minimum Gasteiger partial charge on any atom is -0.342 e. The number of benzene rings is 2. The van der Waals surface area contributed by atoms with Gasteiger partial charge in [-0.25, -0.2) is 8.78 Å². The van der Waals surface area contributed by atoms with Crippen LogP contribution in [0, 0.1) is 11.6 Å². The Hall–Kier alpha value is -2.23. The molecule has 0 aliphatic rings. The number of aldehydes is 1. The van der Waals surface area contributed by atoms with Gasteiger partial charge in [-0.2, -0.15) is 0 Å². The Labute approximate surface area is 103 Å². The molecule has 0 atom stereocenters. The lowest BCUT2D eigenvalue weighted by atomic mass is 10.1. The van der Waals surface area contributed by atoms with Crippen LogP contribution < -0.4 is 4.90 Å². The molecule has 0 heterocycles. The first kappa shape index (κ1) is 12.2. The number of hydrogen-bond donors (Lipinski definition) is 0. The Morgan fingerprint density at radius 1 is 1.06 bits per heavy atom. The van der Waals surface area contributed by atoms with Crippen molar-refractivity contribution in [2.24, 2.45) is 0 Å². The zero-order valence-corrected chi connectivity index (χ0v) is 9.73. The Balaban J connectivity index is 2.48. The van der Waals surface area contributed by atoms with E-state index in [0.717, 1.165) is 0 Å². The fourth-order valence-corrected chi connectivity index (χ4v) is 1.77. The minimum absolute atomic E-state index is 0.180. The van der Waals surface area contributed by atoms with Gasteiger partial charge >= 0.3 is 0 Å². The lowest BCUT2D eigenvalue weighted by molar-refractivity contribution is 0.112. The van der Waals surface area contributed by atoms with Crippen LogP contribution in [-0.4, -0.2) is 13.3 Å². The number of nitrogens with zero attached hydrogens (tertiary/aromatic N) is 1. The SMILES string of the molecule is CN(c1ccc(F)cc1)c1c(F)cccc1C=O. The molecule has 0 radical (unpaired) electrons. The molecular weight excluding hydrogens is 236 g/mol. The lowest BCUT2D eigenvalue weighted by Gasteiger charge is -2.21. The van der Waals surface area contributed by atoms with Crippen LogP contribution in [0.3, 0.4) is 0 Å². The van der Waals surface area contributed by atoms with Crippen LogP contribution in [0.1, 0.15) is 10.4 Å². The van der Waals surface area contributed by atoms with Crippen molar-refractivity contribution in [3.8, 4) is 0 Å². The molecule has 2 rings (SSSR count). The molecule has 0 bridgehead atoms. The van der Waals surface area contributed by atoms with Crippen molar-refractivity contribution in [2.75, 3.05) is 11.9 Å². The van der Waals surface area contributed by atoms with Crippen molar-refractivity contribution >= 4 is 17.7 Å². The fourth-order valence-electron chi connectivity index (χ4n) is 1.77. The Kier molecular flexibility index (Phi) is 3.37. The second-order valence-corrected chi connectivity index (χ2v) is 3.83. The second-order valence-electron chi connectivity index (χ2n) is 3.83. The van der Waals surface area contributed by atoms with Gasteiger partial charge < -0.3 is 4.90 Å². The van der Waals surface area contributed by atoms with E-state index in [1.54, 1.807) is 7.05 Å². The summed E-state index contributed by atoms with van der Waals surface area (Å²) < 4.78 is 26.6. The quantitative estimate of drug-likeness (QED) is 0.773. The van der Waals surface area contributed by atoms with E-state index in [0.29, 0.717) is 12.0 Å². The number of para-hydroxylation sites is 1. The molecule has 2 nitrogen and oxygen atoms in total. The third-order valence-corrected chi connectivity index (χ3v) is 2.69. The standard InChI is InChI=1S/C14H11F2NO/c1-17(12-7-5-11(15)6-8-12)14-10(9-18)3-2-4-13(14)16/h2-9H,1H3. The van der Waals surface area contributed by atoms with Gasteiger partial charge in [0, 0.05) is 18.3 Å². The van der Waals surface area contributed by atoms with Crippen LogP contribution in [0.25, 0.3) is 0 Å². The first-order chi connectivity index (χ1) is 8.63. The van der Waals surface area contributed by atoms with Gasteiger partial charge in [-0.1, -0.05) is 6.07 Å². The van der Waals surface area contributed by atoms with Crippen LogP contribution in [0.4, 0.5) is 20.2 Å². The maximum Gasteiger partial charge on any atom is 0.152 e. The highest BCUT2D eigenvalue weighted by molar-refractivity contribution is 5.86. The molecule has 2 aromatic carbocycles. The molecule has 2 aromatic rings. The summed E-state index contributed by atoms with van der Waals surface area (Å²) in [5.74, 6) is -0.859. The normalized spacial score (nSPS) is 10.2. The van der Waals surface area contributed by atoms with Crippen molar-refractivity contribution in [1.82, 2.24) is 0 Å². The number of rotatable bonds is 3. The molecule has 0 fully saturated rings. The summed E-state index contributed by atoms with van der Waals surface area (Å²) in [6.45, 7) is 0. The van der Waals surface area contributed by atoms with Gasteiger partial charge in [0.2, 0.25) is 0 Å². The fraction of sp³-hybridized carbons (Fsp3) is 0.0714. The molecule has 0 aromatic heterocycles. The van der Waals surface area contributed by atoms with Gasteiger partial charge in [-0.05, 0) is 36.4 Å². The number of halogens is 2. The zero-order chi connectivity index (χ0) is 13.1. The monoisotopic (exact) mass is 247 g/mol. The third-order valence-electron chi connectivity index (χ3n) is 2.69. The number of hydrogen-bond acceptors (Lipinski definition) is 2. The Morgan fingerprint density at radius 2 is 1.72 bits per heavy atom. The third kappa shape index (κ3) is 2.22. The Bertz CT molecular complexity index is 567. The highest BCUT2D eigenvalue weighted by Crippen LogP contribution is 2.28. The van der Waals surface area contributed by atoms with Crippen LogP contribution in [0.15, 0.2) is 42.5 Å². The van der Waals surface area contributed by atoms with E-state index < -0.39 is 5.82 Å². The molecule has 0 amide bonds. The lowest BCUT2D eigenvalue weighted by Crippen LogP contribution is -2.13. The van der Waals surface area contributed by atoms with Crippen molar-refractivity contribution in [3.05, 3.63) is 59.7 Å². The highest BCUT2D eigenvalue weighted by atomic mass is 19.1. The molecule has 0 saturated heterocycles. The molecule has 0 N–H and O–H groups in total. The predicted molar refractivity (Wildman–Crippen MR) is 66.3 cm³/mol. The van der Waals surface area contributed by atoms with Gasteiger partial charge in [0.15, 0.2) is 6.29 Å².